The van der Waals surface area contributed by atoms with Crippen molar-refractivity contribution < 1.29 is 44.4 Å². The van der Waals surface area contributed by atoms with Gasteiger partial charge in [0.05, 0.1) is 0 Å². The molecule has 0 aliphatic carbocycles. The van der Waals surface area contributed by atoms with Crippen LogP contribution in [0.25, 0.3) is 0 Å². The highest BCUT2D eigenvalue weighted by Crippen LogP contribution is 1.91. The zero-order chi connectivity index (χ0) is 8.49. The molecule has 1 saturated heterocycles. The first-order valence-electron chi connectivity index (χ1n) is 2.73. The maximum absolute atomic E-state index is 4.18. The van der Waals surface area contributed by atoms with Crippen LogP contribution in [0.4, 0.5) is 0 Å². The average Bonchev–Trinajstić information content (AvgIpc) is 2.05. The topological polar surface area (TPSA) is 83.1 Å². The Bertz CT molecular complexity index is 52.8. The summed E-state index contributed by atoms with van der Waals surface area (Å²) in [7, 11) is 0. The normalized spacial score (nSPS) is 24.0. The summed E-state index contributed by atoms with van der Waals surface area (Å²) in [6, 6.07) is 0. The van der Waals surface area contributed by atoms with Gasteiger partial charge in [0.15, 0.2) is 0 Å². The van der Waals surface area contributed by atoms with Crippen LogP contribution in [0.3, 0.4) is 0 Å². The zero-order valence-corrected chi connectivity index (χ0v) is 5.80. The van der Waals surface area contributed by atoms with Gasteiger partial charge in [0.2, 0.25) is 20.4 Å². The highest BCUT2D eigenvalue weighted by molar-refractivity contribution is 3.79. The quantitative estimate of drug-likeness (QED) is 0.465. The lowest BCUT2D eigenvalue weighted by Gasteiger charge is -2.06. The molecule has 0 radical (unpaired) electrons. The summed E-state index contributed by atoms with van der Waals surface area (Å²) < 4.78 is 0. The van der Waals surface area contributed by atoms with Crippen molar-refractivity contribution in [3.05, 3.63) is 0 Å². The first kappa shape index (κ1) is 9.73. The fourth-order valence-electron chi connectivity index (χ4n) is 0.279. The third kappa shape index (κ3) is 5.31. The monoisotopic (exact) mass is 186 g/mol. The van der Waals surface area contributed by atoms with Crippen LogP contribution in [0.15, 0.2) is 0 Å². The van der Waals surface area contributed by atoms with Crippen molar-refractivity contribution >= 4 is 0 Å². The Labute approximate surface area is 66.1 Å². The Morgan fingerprint density at radius 1 is 0.417 bits per heavy atom. The second-order valence-corrected chi connectivity index (χ2v) is 1.26. The molecule has 1 rings (SSSR count). The molecular weight excluding hydrogens is 180 g/mol. The lowest BCUT2D eigenvalue weighted by Crippen LogP contribution is -2.10. The second kappa shape index (κ2) is 7.30. The Morgan fingerprint density at radius 2 is 0.667 bits per heavy atom. The van der Waals surface area contributed by atoms with Crippen LogP contribution >= 0.6 is 0 Å². The molecule has 9 heteroatoms. The first-order valence-corrected chi connectivity index (χ1v) is 2.73. The molecule has 72 valence electrons. The molecule has 0 N–H and O–H groups in total. The van der Waals surface area contributed by atoms with Gasteiger partial charge in [-0.2, -0.15) is 29.3 Å². The van der Waals surface area contributed by atoms with Crippen LogP contribution in [-0.2, 0) is 44.4 Å². The van der Waals surface area contributed by atoms with Crippen molar-refractivity contribution in [3.8, 4) is 0 Å². The molecule has 0 aromatic carbocycles. The number of rotatable bonds is 0. The molecule has 0 bridgehead atoms. The van der Waals surface area contributed by atoms with Gasteiger partial charge in [-0.15, -0.1) is 0 Å². The van der Waals surface area contributed by atoms with Crippen LogP contribution in [0.5, 0.6) is 0 Å². The molecule has 0 atom stereocenters. The Kier molecular flexibility index (Phi) is 5.91. The predicted molar refractivity (Wildman–Crippen MR) is 24.4 cm³/mol. The third-order valence-corrected chi connectivity index (χ3v) is 0.577. The first-order chi connectivity index (χ1) is 6.00. The molecule has 1 aliphatic heterocycles. The van der Waals surface area contributed by atoms with Crippen LogP contribution in [0.2, 0.25) is 0 Å². The van der Waals surface area contributed by atoms with Gasteiger partial charge in [0.25, 0.3) is 0 Å². The maximum Gasteiger partial charge on any atom is 0.220 e. The summed E-state index contributed by atoms with van der Waals surface area (Å²) in [6.07, 6.45) is 0. The third-order valence-electron chi connectivity index (χ3n) is 0.577. The van der Waals surface area contributed by atoms with Crippen molar-refractivity contribution in [1.29, 1.82) is 0 Å². The van der Waals surface area contributed by atoms with E-state index >= 15 is 0 Å². The van der Waals surface area contributed by atoms with Crippen LogP contribution in [0, 0.1) is 0 Å². The van der Waals surface area contributed by atoms with Gasteiger partial charge in [-0.05, 0) is 0 Å². The summed E-state index contributed by atoms with van der Waals surface area (Å²) in [4.78, 5) is 25.1. The van der Waals surface area contributed by atoms with Crippen LogP contribution in [-0.4, -0.2) is 20.4 Å². The van der Waals surface area contributed by atoms with Crippen molar-refractivity contribution in [3.63, 3.8) is 0 Å². The second-order valence-electron chi connectivity index (χ2n) is 1.26. The Balaban J connectivity index is 2.00. The molecule has 0 spiro atoms. The van der Waals surface area contributed by atoms with E-state index in [4.69, 9.17) is 0 Å². The van der Waals surface area contributed by atoms with Gasteiger partial charge in [0, 0.05) is 0 Å². The SMILES string of the molecule is C1OOOCOOOCOOO1. The van der Waals surface area contributed by atoms with Crippen molar-refractivity contribution in [2.24, 2.45) is 0 Å². The van der Waals surface area contributed by atoms with E-state index in [0.717, 1.165) is 0 Å². The molecule has 12 heavy (non-hydrogen) atoms. The molecule has 1 heterocycles. The molecule has 0 saturated carbocycles. The molecule has 9 nitrogen and oxygen atoms in total. The molecule has 1 fully saturated rings. The van der Waals surface area contributed by atoms with Gasteiger partial charge in [-0.1, -0.05) is 15.1 Å². The Morgan fingerprint density at radius 3 is 0.917 bits per heavy atom. The summed E-state index contributed by atoms with van der Waals surface area (Å²) in [5, 5.41) is 12.0. The molecule has 1 aliphatic rings. The standard InChI is InChI=1S/C3H6O9/c1-4-10-6-2-8-12-9-3-7-11-5-1/h1-3H2. The van der Waals surface area contributed by atoms with Gasteiger partial charge in [-0.25, -0.2) is 0 Å². The smallest absolute Gasteiger partial charge is 0.174 e. The van der Waals surface area contributed by atoms with E-state index in [0.29, 0.717) is 0 Å². The Hall–Kier alpha value is -0.360. The number of hydrogen-bond acceptors (Lipinski definition) is 9. The van der Waals surface area contributed by atoms with E-state index in [9.17, 15) is 0 Å². The summed E-state index contributed by atoms with van der Waals surface area (Å²) >= 11 is 0. The van der Waals surface area contributed by atoms with Gasteiger partial charge >= 0.3 is 0 Å². The molecule has 0 unspecified atom stereocenters. The highest BCUT2D eigenvalue weighted by Gasteiger charge is 1.97. The van der Waals surface area contributed by atoms with Crippen molar-refractivity contribution in [2.45, 2.75) is 0 Å². The van der Waals surface area contributed by atoms with E-state index in [2.05, 4.69) is 44.4 Å². The van der Waals surface area contributed by atoms with Crippen LogP contribution in [0.1, 0.15) is 0 Å². The zero-order valence-electron chi connectivity index (χ0n) is 5.80. The molecule has 0 amide bonds. The van der Waals surface area contributed by atoms with Gasteiger partial charge in [-0.3, -0.25) is 0 Å². The van der Waals surface area contributed by atoms with E-state index < -0.39 is 0 Å². The van der Waals surface area contributed by atoms with E-state index in [1.165, 1.54) is 0 Å². The van der Waals surface area contributed by atoms with E-state index in [-0.39, 0.29) is 20.4 Å². The molecule has 0 aromatic rings. The van der Waals surface area contributed by atoms with E-state index in [1.54, 1.807) is 0 Å². The summed E-state index contributed by atoms with van der Waals surface area (Å²) in [5.74, 6) is 0. The van der Waals surface area contributed by atoms with Crippen molar-refractivity contribution in [1.82, 2.24) is 0 Å². The summed E-state index contributed by atoms with van der Waals surface area (Å²) in [6.45, 7) is -1.04. The lowest BCUT2D eigenvalue weighted by atomic mass is 11.5. The largest absolute Gasteiger partial charge is 0.220 e. The summed E-state index contributed by atoms with van der Waals surface area (Å²) in [5.41, 5.74) is 0. The van der Waals surface area contributed by atoms with Crippen molar-refractivity contribution in [2.75, 3.05) is 20.4 Å². The molecular formula is C3H6O9. The average molecular weight is 186 g/mol. The minimum absolute atomic E-state index is 0.346. The van der Waals surface area contributed by atoms with E-state index in [1.807, 2.05) is 0 Å². The minimum atomic E-state index is -0.346. The lowest BCUT2D eigenvalue weighted by molar-refractivity contribution is -0.652. The van der Waals surface area contributed by atoms with Gasteiger partial charge in [0.1, 0.15) is 0 Å². The fraction of sp³-hybridized carbons (Fsp3) is 1.00. The highest BCUT2D eigenvalue weighted by atomic mass is 17.6. The van der Waals surface area contributed by atoms with Crippen LogP contribution < -0.4 is 0 Å². The number of hydrogen-bond donors (Lipinski definition) is 0. The maximum atomic E-state index is 4.18. The van der Waals surface area contributed by atoms with Gasteiger partial charge < -0.3 is 0 Å². The fourth-order valence-corrected chi connectivity index (χ4v) is 0.279. The predicted octanol–water partition coefficient (Wildman–Crippen LogP) is -0.488. The minimum Gasteiger partial charge on any atom is -0.174 e. The molecule has 0 aromatic heterocycles.